The first-order valence-corrected chi connectivity index (χ1v) is 16.2. The monoisotopic (exact) mass is 691 g/mol. The van der Waals surface area contributed by atoms with Crippen LogP contribution in [0.25, 0.3) is 0 Å². The van der Waals surface area contributed by atoms with Gasteiger partial charge in [0.05, 0.1) is 6.04 Å². The van der Waals surface area contributed by atoms with E-state index in [0.29, 0.717) is 44.3 Å². The Morgan fingerprint density at radius 1 is 0.816 bits per heavy atom. The van der Waals surface area contributed by atoms with Crippen LogP contribution in [-0.4, -0.2) is 107 Å². The Morgan fingerprint density at radius 2 is 1.39 bits per heavy atom. The number of carbonyl (C=O) groups excluding carboxylic acids is 4. The number of phenolic OH excluding ortho intramolecular Hbond substituents is 1. The Hall–Kier alpha value is -4.97. The van der Waals surface area contributed by atoms with E-state index in [4.69, 9.17) is 17.2 Å². The summed E-state index contributed by atoms with van der Waals surface area (Å²) in [5, 5.41) is 41.9. The maximum Gasteiger partial charge on any atom is 0.326 e. The normalized spacial score (nSPS) is 16.3. The van der Waals surface area contributed by atoms with Crippen molar-refractivity contribution >= 4 is 41.5 Å². The number of carboxylic acid groups (broad SMARTS) is 2. The van der Waals surface area contributed by atoms with Crippen molar-refractivity contribution in [2.24, 2.45) is 22.2 Å². The van der Waals surface area contributed by atoms with Crippen LogP contribution in [0.2, 0.25) is 0 Å². The fraction of sp³-hybridized carbons (Fsp3) is 0.581. The van der Waals surface area contributed by atoms with E-state index in [9.17, 15) is 44.1 Å². The lowest BCUT2D eigenvalue weighted by atomic mass is 10.0. The van der Waals surface area contributed by atoms with E-state index in [1.807, 2.05) is 0 Å². The maximum atomic E-state index is 13.6. The molecule has 49 heavy (non-hydrogen) atoms. The smallest absolute Gasteiger partial charge is 0.326 e. The van der Waals surface area contributed by atoms with Gasteiger partial charge in [0.25, 0.3) is 0 Å². The highest BCUT2D eigenvalue weighted by Gasteiger charge is 2.32. The van der Waals surface area contributed by atoms with Crippen LogP contribution in [0, 0.1) is 0 Å². The first kappa shape index (κ1) is 40.2. The number of carboxylic acids is 2. The molecule has 0 saturated carbocycles. The van der Waals surface area contributed by atoms with Crippen LogP contribution >= 0.6 is 0 Å². The minimum atomic E-state index is -1.43. The fourth-order valence-electron chi connectivity index (χ4n) is 5.14. The van der Waals surface area contributed by atoms with E-state index in [1.54, 1.807) is 0 Å². The molecular formula is C31H49N9O9. The summed E-state index contributed by atoms with van der Waals surface area (Å²) in [5.74, 6) is -5.60. The minimum Gasteiger partial charge on any atom is -0.508 e. The topological polar surface area (TPSA) is 314 Å². The Labute approximate surface area is 284 Å². The van der Waals surface area contributed by atoms with E-state index in [-0.39, 0.29) is 43.9 Å². The number of aromatic hydroxyl groups is 1. The number of nitrogens with zero attached hydrogens (tertiary/aromatic N) is 1. The summed E-state index contributed by atoms with van der Waals surface area (Å²) in [4.78, 5) is 80.6. The van der Waals surface area contributed by atoms with Crippen molar-refractivity contribution in [3.8, 4) is 5.75 Å². The van der Waals surface area contributed by atoms with Crippen molar-refractivity contribution < 1.29 is 44.1 Å². The van der Waals surface area contributed by atoms with Gasteiger partial charge in [-0.1, -0.05) is 12.1 Å². The number of aliphatic carboxylic acids is 2. The molecule has 1 aliphatic heterocycles. The van der Waals surface area contributed by atoms with Crippen LogP contribution in [0.15, 0.2) is 29.3 Å². The van der Waals surface area contributed by atoms with Gasteiger partial charge in [0, 0.05) is 19.4 Å². The molecule has 18 heteroatoms. The van der Waals surface area contributed by atoms with Gasteiger partial charge in [-0.3, -0.25) is 29.0 Å². The van der Waals surface area contributed by atoms with Crippen LogP contribution in [0.3, 0.4) is 0 Å². The molecule has 1 heterocycles. The van der Waals surface area contributed by atoms with Crippen LogP contribution in [-0.2, 0) is 35.2 Å². The highest BCUT2D eigenvalue weighted by Crippen LogP contribution is 2.13. The number of hydrogen-bond acceptors (Lipinski definition) is 10. The zero-order valence-corrected chi connectivity index (χ0v) is 27.4. The second-order valence-electron chi connectivity index (χ2n) is 11.8. The number of nitrogens with two attached hydrogens (primary N) is 3. The predicted octanol–water partition coefficient (Wildman–Crippen LogP) is -2.24. The van der Waals surface area contributed by atoms with Gasteiger partial charge in [0.1, 0.15) is 29.9 Å². The van der Waals surface area contributed by atoms with Crippen molar-refractivity contribution in [3.63, 3.8) is 0 Å². The number of benzene rings is 1. The van der Waals surface area contributed by atoms with E-state index in [2.05, 4.69) is 31.6 Å². The van der Waals surface area contributed by atoms with Gasteiger partial charge in [-0.2, -0.15) is 0 Å². The lowest BCUT2D eigenvalue weighted by Crippen LogP contribution is -2.58. The molecular weight excluding hydrogens is 642 g/mol. The molecule has 5 atom stereocenters. The largest absolute Gasteiger partial charge is 0.508 e. The molecule has 0 bridgehead atoms. The van der Waals surface area contributed by atoms with Crippen molar-refractivity contribution in [1.82, 2.24) is 26.6 Å². The number of carbonyl (C=O) groups is 6. The van der Waals surface area contributed by atoms with Crippen molar-refractivity contribution in [2.45, 2.75) is 94.4 Å². The number of unbranched alkanes of at least 4 members (excludes halogenated alkanes) is 1. The lowest BCUT2D eigenvalue weighted by Gasteiger charge is -2.26. The summed E-state index contributed by atoms with van der Waals surface area (Å²) < 4.78 is 0. The number of hydrogen-bond donors (Lipinski definition) is 11. The quantitative estimate of drug-likeness (QED) is 0.0348. The molecule has 2 rings (SSSR count). The zero-order chi connectivity index (χ0) is 36.3. The number of phenols is 1. The molecule has 0 aliphatic carbocycles. The van der Waals surface area contributed by atoms with Gasteiger partial charge >= 0.3 is 11.9 Å². The number of nitrogens with one attached hydrogen (secondary N) is 5. The Balaban J connectivity index is 2.23. The summed E-state index contributed by atoms with van der Waals surface area (Å²) in [7, 11) is 0. The van der Waals surface area contributed by atoms with Crippen LogP contribution in [0.5, 0.6) is 5.75 Å². The Bertz CT molecular complexity index is 1300. The maximum absolute atomic E-state index is 13.6. The van der Waals surface area contributed by atoms with Gasteiger partial charge in [-0.15, -0.1) is 0 Å². The van der Waals surface area contributed by atoms with Crippen molar-refractivity contribution in [2.75, 3.05) is 19.6 Å². The molecule has 0 radical (unpaired) electrons. The van der Waals surface area contributed by atoms with E-state index >= 15 is 0 Å². The molecule has 1 saturated heterocycles. The first-order valence-electron chi connectivity index (χ1n) is 16.2. The Morgan fingerprint density at radius 3 is 1.92 bits per heavy atom. The SMILES string of the molecule is NCCCC[C@H](NC(=O)[C@H](CCC(=O)O)NC(=O)[C@H](CCCN=C(N)N)NC(=O)[C@@H]1CCCN1)C(=O)N[C@@H](Cc1ccc(O)cc1)C(=O)O. The third-order valence-corrected chi connectivity index (χ3v) is 7.81. The third-order valence-electron chi connectivity index (χ3n) is 7.81. The van der Waals surface area contributed by atoms with Crippen LogP contribution in [0.4, 0.5) is 0 Å². The standard InChI is InChI=1S/C31H49N9O9/c32-14-2-1-5-21(28(46)40-24(30(48)49)17-18-8-10-19(41)11-9-18)38-29(47)23(12-13-25(42)43)39-27(45)22(7-4-16-36-31(33)34)37-26(44)20-6-3-15-35-20/h8-11,20-24,35,41H,1-7,12-17,32H2,(H,37,44)(H,38,47)(H,39,45)(H,40,46)(H,42,43)(H,48,49)(H4,33,34,36)/t20-,21-,22-,23-,24-/m0/s1. The molecule has 0 unspecified atom stereocenters. The molecule has 14 N–H and O–H groups in total. The summed E-state index contributed by atoms with van der Waals surface area (Å²) in [5.41, 5.74) is 16.9. The van der Waals surface area contributed by atoms with E-state index in [0.717, 1.165) is 6.42 Å². The molecule has 1 fully saturated rings. The number of guanidine groups is 1. The van der Waals surface area contributed by atoms with Gasteiger partial charge < -0.3 is 59.1 Å². The zero-order valence-electron chi connectivity index (χ0n) is 27.4. The summed E-state index contributed by atoms with van der Waals surface area (Å²) in [6.45, 7) is 1.10. The van der Waals surface area contributed by atoms with E-state index in [1.165, 1.54) is 24.3 Å². The highest BCUT2D eigenvalue weighted by atomic mass is 16.4. The van der Waals surface area contributed by atoms with E-state index < -0.39 is 72.2 Å². The number of rotatable bonds is 22. The second-order valence-corrected chi connectivity index (χ2v) is 11.8. The van der Waals surface area contributed by atoms with Crippen molar-refractivity contribution in [1.29, 1.82) is 0 Å². The molecule has 1 aromatic rings. The molecule has 0 aromatic heterocycles. The lowest BCUT2D eigenvalue weighted by molar-refractivity contribution is -0.142. The summed E-state index contributed by atoms with van der Waals surface area (Å²) >= 11 is 0. The number of amides is 4. The van der Waals surface area contributed by atoms with Gasteiger partial charge in [-0.25, -0.2) is 4.79 Å². The molecule has 1 aliphatic rings. The third kappa shape index (κ3) is 15.2. The summed E-state index contributed by atoms with van der Waals surface area (Å²) in [6.07, 6.45) is 1.71. The van der Waals surface area contributed by atoms with Crippen molar-refractivity contribution in [3.05, 3.63) is 29.8 Å². The highest BCUT2D eigenvalue weighted by molar-refractivity contribution is 5.95. The summed E-state index contributed by atoms with van der Waals surface area (Å²) in [6, 6.07) is 0.0801. The second kappa shape index (κ2) is 21.1. The first-order chi connectivity index (χ1) is 23.3. The van der Waals surface area contributed by atoms with Crippen LogP contribution in [0.1, 0.15) is 63.4 Å². The molecule has 0 spiro atoms. The van der Waals surface area contributed by atoms with Gasteiger partial charge in [0.15, 0.2) is 5.96 Å². The van der Waals surface area contributed by atoms with Crippen LogP contribution < -0.4 is 43.8 Å². The molecule has 1 aromatic carbocycles. The molecule has 272 valence electrons. The van der Waals surface area contributed by atoms with Gasteiger partial charge in [0.2, 0.25) is 23.6 Å². The fourth-order valence-corrected chi connectivity index (χ4v) is 5.14. The number of aliphatic imine (C=N–C) groups is 1. The molecule has 4 amide bonds. The minimum absolute atomic E-state index is 0.0163. The predicted molar refractivity (Wildman–Crippen MR) is 178 cm³/mol. The Kier molecular flexibility index (Phi) is 17.3. The molecule has 18 nitrogen and oxygen atoms in total. The van der Waals surface area contributed by atoms with Gasteiger partial charge in [-0.05, 0) is 82.2 Å². The average Bonchev–Trinajstić information content (AvgIpc) is 3.59. The average molecular weight is 692 g/mol.